The Hall–Kier alpha value is -2.82. The number of carbonyl (C=O) groups is 2. The largest absolute Gasteiger partial charge is 0.445 e. The van der Waals surface area contributed by atoms with Crippen molar-refractivity contribution in [2.75, 3.05) is 11.9 Å². The molecule has 0 saturated carbocycles. The smallest absolute Gasteiger partial charge is 0.408 e. The maximum atomic E-state index is 12.9. The van der Waals surface area contributed by atoms with Crippen molar-refractivity contribution >= 4 is 17.7 Å². The lowest BCUT2D eigenvalue weighted by atomic mass is 9.98. The van der Waals surface area contributed by atoms with Crippen molar-refractivity contribution in [1.29, 1.82) is 0 Å². The van der Waals surface area contributed by atoms with E-state index < -0.39 is 12.1 Å². The number of likely N-dealkylation sites (N-methyl/N-ethyl adjacent to an activating group) is 1. The van der Waals surface area contributed by atoms with Crippen LogP contribution >= 0.6 is 0 Å². The van der Waals surface area contributed by atoms with E-state index in [-0.39, 0.29) is 18.4 Å². The minimum absolute atomic E-state index is 0.0158. The third-order valence-corrected chi connectivity index (χ3v) is 4.44. The average molecular weight is 354 g/mol. The first-order valence-electron chi connectivity index (χ1n) is 8.82. The second-order valence-corrected chi connectivity index (χ2v) is 6.30. The molecule has 2 unspecified atom stereocenters. The zero-order valence-corrected chi connectivity index (χ0v) is 15.5. The second-order valence-electron chi connectivity index (χ2n) is 6.30. The van der Waals surface area contributed by atoms with Crippen LogP contribution in [0.15, 0.2) is 60.7 Å². The minimum Gasteiger partial charge on any atom is -0.445 e. The van der Waals surface area contributed by atoms with E-state index in [2.05, 4.69) is 5.32 Å². The molecule has 0 heterocycles. The van der Waals surface area contributed by atoms with Crippen LogP contribution in [0.1, 0.15) is 25.8 Å². The van der Waals surface area contributed by atoms with E-state index >= 15 is 0 Å². The van der Waals surface area contributed by atoms with E-state index in [0.29, 0.717) is 0 Å². The molecule has 0 aliphatic carbocycles. The molecule has 26 heavy (non-hydrogen) atoms. The van der Waals surface area contributed by atoms with Crippen molar-refractivity contribution < 1.29 is 14.3 Å². The SMILES string of the molecule is CCC(C)C(NC(=O)OCc1ccccc1)C(=O)N(C)c1ccccc1. The Morgan fingerprint density at radius 1 is 1.04 bits per heavy atom. The van der Waals surface area contributed by atoms with Crippen LogP contribution in [0.3, 0.4) is 0 Å². The number of rotatable bonds is 7. The molecule has 1 N–H and O–H groups in total. The summed E-state index contributed by atoms with van der Waals surface area (Å²) >= 11 is 0. The number of para-hydroxylation sites is 1. The Labute approximate surface area is 155 Å². The van der Waals surface area contributed by atoms with Crippen molar-refractivity contribution in [2.45, 2.75) is 32.9 Å². The predicted octanol–water partition coefficient (Wildman–Crippen LogP) is 3.99. The van der Waals surface area contributed by atoms with E-state index in [1.807, 2.05) is 74.5 Å². The Balaban J connectivity index is 2.02. The summed E-state index contributed by atoms with van der Waals surface area (Å²) in [5, 5.41) is 2.74. The monoisotopic (exact) mass is 354 g/mol. The highest BCUT2D eigenvalue weighted by atomic mass is 16.5. The van der Waals surface area contributed by atoms with Crippen LogP contribution in [-0.2, 0) is 16.1 Å². The number of nitrogens with zero attached hydrogens (tertiary/aromatic N) is 1. The van der Waals surface area contributed by atoms with Crippen LogP contribution in [-0.4, -0.2) is 25.1 Å². The Morgan fingerprint density at radius 3 is 2.19 bits per heavy atom. The number of hydrogen-bond donors (Lipinski definition) is 1. The molecule has 2 rings (SSSR count). The molecule has 5 heteroatoms. The molecular weight excluding hydrogens is 328 g/mol. The van der Waals surface area contributed by atoms with Gasteiger partial charge in [-0.1, -0.05) is 68.8 Å². The topological polar surface area (TPSA) is 58.6 Å². The molecule has 0 aliphatic rings. The average Bonchev–Trinajstić information content (AvgIpc) is 2.70. The van der Waals surface area contributed by atoms with Gasteiger partial charge in [-0.3, -0.25) is 4.79 Å². The summed E-state index contributed by atoms with van der Waals surface area (Å²) in [6, 6.07) is 18.2. The van der Waals surface area contributed by atoms with Gasteiger partial charge in [-0.05, 0) is 23.6 Å². The summed E-state index contributed by atoms with van der Waals surface area (Å²) in [6.07, 6.45) is 0.173. The van der Waals surface area contributed by atoms with Gasteiger partial charge < -0.3 is 15.0 Å². The zero-order valence-electron chi connectivity index (χ0n) is 15.5. The standard InChI is InChI=1S/C21H26N2O3/c1-4-16(2)19(20(24)23(3)18-13-9-6-10-14-18)22-21(25)26-15-17-11-7-5-8-12-17/h5-14,16,19H,4,15H2,1-3H3,(H,22,25). The molecule has 5 nitrogen and oxygen atoms in total. The van der Waals surface area contributed by atoms with Crippen LogP contribution in [0.2, 0.25) is 0 Å². The fourth-order valence-electron chi connectivity index (χ4n) is 2.56. The van der Waals surface area contributed by atoms with Gasteiger partial charge in [0.15, 0.2) is 0 Å². The number of benzene rings is 2. The van der Waals surface area contributed by atoms with Crippen molar-refractivity contribution in [3.63, 3.8) is 0 Å². The minimum atomic E-state index is -0.645. The number of carbonyl (C=O) groups excluding carboxylic acids is 2. The highest BCUT2D eigenvalue weighted by Gasteiger charge is 2.29. The van der Waals surface area contributed by atoms with Crippen LogP contribution in [0.25, 0.3) is 0 Å². The third kappa shape index (κ3) is 5.34. The highest BCUT2D eigenvalue weighted by molar-refractivity contribution is 5.98. The molecule has 2 aromatic carbocycles. The fourth-order valence-corrected chi connectivity index (χ4v) is 2.56. The van der Waals surface area contributed by atoms with Crippen molar-refractivity contribution in [3.8, 4) is 0 Å². The van der Waals surface area contributed by atoms with E-state index in [1.54, 1.807) is 11.9 Å². The van der Waals surface area contributed by atoms with E-state index in [9.17, 15) is 9.59 Å². The highest BCUT2D eigenvalue weighted by Crippen LogP contribution is 2.17. The molecular formula is C21H26N2O3. The normalized spacial score (nSPS) is 12.7. The summed E-state index contributed by atoms with van der Waals surface area (Å²) in [6.45, 7) is 4.10. The number of amides is 2. The van der Waals surface area contributed by atoms with Gasteiger partial charge in [-0.2, -0.15) is 0 Å². The molecule has 0 aliphatic heterocycles. The van der Waals surface area contributed by atoms with Gasteiger partial charge in [0, 0.05) is 12.7 Å². The van der Waals surface area contributed by atoms with Gasteiger partial charge in [-0.15, -0.1) is 0 Å². The third-order valence-electron chi connectivity index (χ3n) is 4.44. The maximum absolute atomic E-state index is 12.9. The Bertz CT molecular complexity index is 704. The molecule has 0 radical (unpaired) electrons. The first-order valence-corrected chi connectivity index (χ1v) is 8.82. The maximum Gasteiger partial charge on any atom is 0.408 e. The number of alkyl carbamates (subject to hydrolysis) is 1. The lowest BCUT2D eigenvalue weighted by Gasteiger charge is -2.28. The molecule has 0 fully saturated rings. The van der Waals surface area contributed by atoms with Crippen molar-refractivity contribution in [3.05, 3.63) is 66.2 Å². The summed E-state index contributed by atoms with van der Waals surface area (Å²) in [7, 11) is 1.71. The van der Waals surface area contributed by atoms with Crippen LogP contribution in [0.4, 0.5) is 10.5 Å². The van der Waals surface area contributed by atoms with E-state index in [4.69, 9.17) is 4.74 Å². The Kier molecular flexibility index (Phi) is 7.21. The van der Waals surface area contributed by atoms with Crippen LogP contribution in [0, 0.1) is 5.92 Å². The van der Waals surface area contributed by atoms with Gasteiger partial charge in [0.1, 0.15) is 12.6 Å². The lowest BCUT2D eigenvalue weighted by molar-refractivity contribution is -0.121. The van der Waals surface area contributed by atoms with Crippen LogP contribution in [0.5, 0.6) is 0 Å². The Morgan fingerprint density at radius 2 is 1.62 bits per heavy atom. The molecule has 0 bridgehead atoms. The molecule has 0 saturated heterocycles. The molecule has 0 spiro atoms. The first-order chi connectivity index (χ1) is 12.5. The van der Waals surface area contributed by atoms with E-state index in [0.717, 1.165) is 17.7 Å². The summed E-state index contributed by atoms with van der Waals surface area (Å²) in [5.41, 5.74) is 1.68. The van der Waals surface area contributed by atoms with Crippen molar-refractivity contribution in [1.82, 2.24) is 5.32 Å². The van der Waals surface area contributed by atoms with Gasteiger partial charge >= 0.3 is 6.09 Å². The van der Waals surface area contributed by atoms with Crippen LogP contribution < -0.4 is 10.2 Å². The molecule has 2 amide bonds. The molecule has 2 atom stereocenters. The number of nitrogens with one attached hydrogen (secondary N) is 1. The van der Waals surface area contributed by atoms with Gasteiger partial charge in [0.25, 0.3) is 0 Å². The summed E-state index contributed by atoms with van der Waals surface area (Å²) in [5.74, 6) is -0.180. The number of hydrogen-bond acceptors (Lipinski definition) is 3. The van der Waals surface area contributed by atoms with Gasteiger partial charge in [-0.25, -0.2) is 4.79 Å². The quantitative estimate of drug-likeness (QED) is 0.818. The summed E-state index contributed by atoms with van der Waals surface area (Å²) < 4.78 is 5.27. The molecule has 0 aromatic heterocycles. The number of ether oxygens (including phenoxy) is 1. The lowest BCUT2D eigenvalue weighted by Crippen LogP contribution is -2.51. The zero-order chi connectivity index (χ0) is 18.9. The first kappa shape index (κ1) is 19.5. The fraction of sp³-hybridized carbons (Fsp3) is 0.333. The molecule has 2 aromatic rings. The van der Waals surface area contributed by atoms with Crippen molar-refractivity contribution in [2.24, 2.45) is 5.92 Å². The summed E-state index contributed by atoms with van der Waals surface area (Å²) in [4.78, 5) is 26.7. The predicted molar refractivity (Wildman–Crippen MR) is 103 cm³/mol. The van der Waals surface area contributed by atoms with Gasteiger partial charge in [0.2, 0.25) is 5.91 Å². The van der Waals surface area contributed by atoms with E-state index in [1.165, 1.54) is 0 Å². The second kappa shape index (κ2) is 9.61. The number of anilines is 1. The molecule has 138 valence electrons. The van der Waals surface area contributed by atoms with Gasteiger partial charge in [0.05, 0.1) is 0 Å².